The minimum atomic E-state index is -2.46. The van der Waals surface area contributed by atoms with E-state index in [-0.39, 0.29) is 12.2 Å². The van der Waals surface area contributed by atoms with Gasteiger partial charge in [-0.3, -0.25) is 0 Å². The predicted molar refractivity (Wildman–Crippen MR) is 179 cm³/mol. The van der Waals surface area contributed by atoms with Crippen molar-refractivity contribution in [3.8, 4) is 12.1 Å². The van der Waals surface area contributed by atoms with E-state index in [1.54, 1.807) is 44.9 Å². The van der Waals surface area contributed by atoms with Crippen LogP contribution in [0.25, 0.3) is 0 Å². The van der Waals surface area contributed by atoms with Crippen LogP contribution in [0.15, 0.2) is 0 Å². The van der Waals surface area contributed by atoms with Crippen molar-refractivity contribution in [2.24, 2.45) is 0 Å². The van der Waals surface area contributed by atoms with Gasteiger partial charge in [-0.05, 0) is 52.0 Å². The molecule has 0 aliphatic carbocycles. The van der Waals surface area contributed by atoms with Gasteiger partial charge >= 0.3 is 8.80 Å². The van der Waals surface area contributed by atoms with Gasteiger partial charge in [0.1, 0.15) is 27.0 Å². The first-order valence-electron chi connectivity index (χ1n) is 10.5. The SMILES string of the molecule is C.CC(C)(C#N)SC(=S)SCCC[SiH3].CO[Si](CCCSC(=S)SC(C)(C)C#N)(OC)OC.O[SiH3]. The molecule has 35 heavy (non-hydrogen) atoms. The third kappa shape index (κ3) is 25.1. The molecule has 0 saturated carbocycles. The molecule has 1 N–H and O–H groups in total. The van der Waals surface area contributed by atoms with Crippen molar-refractivity contribution >= 4 is 108 Å². The van der Waals surface area contributed by atoms with Crippen molar-refractivity contribution < 1.29 is 18.1 Å². The Balaban J connectivity index is -0.000000264. The molecule has 0 aromatic carbocycles. The molecule has 0 spiro atoms. The third-order valence-electron chi connectivity index (χ3n) is 3.71. The summed E-state index contributed by atoms with van der Waals surface area (Å²) in [5.41, 5.74) is 0. The average molecular weight is 653 g/mol. The Bertz CT molecular complexity index is 649. The molecule has 0 aromatic heterocycles. The monoisotopic (exact) mass is 652 g/mol. The summed E-state index contributed by atoms with van der Waals surface area (Å²) in [7, 11) is 3.96. The molecule has 0 aliphatic heterocycles. The van der Waals surface area contributed by atoms with Gasteiger partial charge in [0.15, 0.2) is 0 Å². The van der Waals surface area contributed by atoms with Crippen molar-refractivity contribution in [1.29, 1.82) is 10.5 Å². The van der Waals surface area contributed by atoms with Gasteiger partial charge in [0.05, 0.1) is 12.1 Å². The summed E-state index contributed by atoms with van der Waals surface area (Å²) in [4.78, 5) is 7.14. The van der Waals surface area contributed by atoms with Crippen molar-refractivity contribution in [1.82, 2.24) is 0 Å². The predicted octanol–water partition coefficient (Wildman–Crippen LogP) is 4.42. The lowest BCUT2D eigenvalue weighted by molar-refractivity contribution is 0.123. The Morgan fingerprint density at radius 3 is 1.49 bits per heavy atom. The van der Waals surface area contributed by atoms with Crippen LogP contribution in [0.4, 0.5) is 0 Å². The van der Waals surface area contributed by atoms with Crippen LogP contribution < -0.4 is 0 Å². The van der Waals surface area contributed by atoms with Crippen molar-refractivity contribution in [2.75, 3.05) is 32.8 Å². The summed E-state index contributed by atoms with van der Waals surface area (Å²) in [6.45, 7) is 7.53. The van der Waals surface area contributed by atoms with E-state index in [0.717, 1.165) is 31.0 Å². The Hall–Kier alpha value is 1.05. The molecule has 6 nitrogen and oxygen atoms in total. The van der Waals surface area contributed by atoms with Crippen LogP contribution in [0.1, 0.15) is 48.0 Å². The highest BCUT2D eigenvalue weighted by Crippen LogP contribution is 2.31. The summed E-state index contributed by atoms with van der Waals surface area (Å²) >= 11 is 16.6. The fourth-order valence-electron chi connectivity index (χ4n) is 1.82. The van der Waals surface area contributed by atoms with Crippen LogP contribution in [0.3, 0.4) is 0 Å². The first-order valence-corrected chi connectivity index (χ1v) is 19.2. The Kier molecular flexibility index (Phi) is 31.2. The van der Waals surface area contributed by atoms with E-state index in [1.165, 1.54) is 46.2 Å². The lowest BCUT2D eigenvalue weighted by Gasteiger charge is -2.24. The maximum absolute atomic E-state index is 8.93. The minimum Gasteiger partial charge on any atom is -0.442 e. The zero-order valence-electron chi connectivity index (χ0n) is 21.8. The van der Waals surface area contributed by atoms with Crippen LogP contribution in [0, 0.1) is 22.7 Å². The number of rotatable bonds is 12. The van der Waals surface area contributed by atoms with Gasteiger partial charge in [-0.1, -0.05) is 61.4 Å². The van der Waals surface area contributed by atoms with Crippen molar-refractivity contribution in [2.45, 2.75) is 69.5 Å². The first kappa shape index (κ1) is 43.1. The van der Waals surface area contributed by atoms with Gasteiger partial charge in [0, 0.05) is 37.6 Å². The molecule has 0 amide bonds. The zero-order valence-corrected chi connectivity index (χ0v) is 31.7. The molecule has 0 bridgehead atoms. The molecule has 0 atom stereocenters. The van der Waals surface area contributed by atoms with Gasteiger partial charge in [0.25, 0.3) is 0 Å². The molecule has 206 valence electrons. The molecule has 15 heteroatoms. The minimum absolute atomic E-state index is 0. The van der Waals surface area contributed by atoms with Gasteiger partial charge in [-0.15, -0.1) is 23.5 Å². The number of nitrogens with zero attached hydrogens (tertiary/aromatic N) is 2. The van der Waals surface area contributed by atoms with Crippen LogP contribution >= 0.6 is 71.5 Å². The Labute approximate surface area is 249 Å². The van der Waals surface area contributed by atoms with Crippen molar-refractivity contribution in [3.05, 3.63) is 0 Å². The van der Waals surface area contributed by atoms with Crippen LogP contribution in [-0.2, 0) is 13.3 Å². The highest BCUT2D eigenvalue weighted by Gasteiger charge is 2.36. The molecular weight excluding hydrogens is 609 g/mol. The molecule has 0 rings (SSSR count). The molecular formula is C20H44N2O4S6Si3. The fourth-order valence-corrected chi connectivity index (χ4v) is 10.6. The molecule has 0 aliphatic rings. The summed E-state index contributed by atoms with van der Waals surface area (Å²) in [6.07, 6.45) is 2.16. The van der Waals surface area contributed by atoms with Gasteiger partial charge in [0.2, 0.25) is 0 Å². The summed E-state index contributed by atoms with van der Waals surface area (Å²) in [5, 5.41) is 17.7. The van der Waals surface area contributed by atoms with E-state index < -0.39 is 13.6 Å². The Morgan fingerprint density at radius 1 is 0.857 bits per heavy atom. The third-order valence-corrected chi connectivity index (χ3v) is 12.7. The molecule has 0 saturated heterocycles. The fraction of sp³-hybridized carbons (Fsp3) is 0.800. The maximum atomic E-state index is 8.93. The smallest absolute Gasteiger partial charge is 0.442 e. The number of hydrogen-bond acceptors (Lipinski definition) is 12. The summed E-state index contributed by atoms with van der Waals surface area (Å²) in [6, 6.07) is 6.55. The average Bonchev–Trinajstić information content (AvgIpc) is 2.81. The summed E-state index contributed by atoms with van der Waals surface area (Å²) < 4.78 is 16.9. The molecule has 0 radical (unpaired) electrons. The van der Waals surface area contributed by atoms with Gasteiger partial charge < -0.3 is 18.1 Å². The zero-order chi connectivity index (χ0) is 27.3. The van der Waals surface area contributed by atoms with E-state index in [4.69, 9.17) is 53.0 Å². The Morgan fingerprint density at radius 2 is 1.20 bits per heavy atom. The standard InChI is InChI=1S/C11H21NO3S3Si.C8H15NS3Si.CH4.H4OSi/c1-11(2,9-12)18-10(16)17-7-6-8-19(13-3,14-4)15-5;1-8(2,6-9)12-7(10)11-4-3-5-13;;1-2/h6-8H2,1-5H3;3-5H2,1-2,13H3;1H4;1H,2H3. The van der Waals surface area contributed by atoms with Gasteiger partial charge in [-0.25, -0.2) is 0 Å². The highest BCUT2D eigenvalue weighted by molar-refractivity contribution is 8.48. The second kappa shape index (κ2) is 25.3. The molecule has 0 unspecified atom stereocenters. The number of hydrogen-bond donors (Lipinski definition) is 1. The van der Waals surface area contributed by atoms with E-state index in [2.05, 4.69) is 12.1 Å². The van der Waals surface area contributed by atoms with E-state index in [1.807, 2.05) is 27.7 Å². The second-order valence-electron chi connectivity index (χ2n) is 7.40. The van der Waals surface area contributed by atoms with Gasteiger partial charge in [-0.2, -0.15) is 10.5 Å². The number of thiocarbonyl (C=S) groups is 2. The second-order valence-corrected chi connectivity index (χ2v) is 19.3. The lowest BCUT2D eigenvalue weighted by Crippen LogP contribution is -2.42. The van der Waals surface area contributed by atoms with Crippen LogP contribution in [0.2, 0.25) is 12.1 Å². The molecule has 0 heterocycles. The molecule has 0 aromatic rings. The van der Waals surface area contributed by atoms with E-state index >= 15 is 0 Å². The van der Waals surface area contributed by atoms with Crippen LogP contribution in [-0.4, -0.2) is 83.7 Å². The van der Waals surface area contributed by atoms with Crippen molar-refractivity contribution in [3.63, 3.8) is 0 Å². The maximum Gasteiger partial charge on any atom is 0.500 e. The normalized spacial score (nSPS) is 11.0. The van der Waals surface area contributed by atoms with E-state index in [0.29, 0.717) is 10.5 Å². The molecule has 0 fully saturated rings. The quantitative estimate of drug-likeness (QED) is 0.184. The number of thioether (sulfide) groups is 4. The summed E-state index contributed by atoms with van der Waals surface area (Å²) in [5.74, 6) is 1.98. The van der Waals surface area contributed by atoms with E-state index in [9.17, 15) is 0 Å². The highest BCUT2D eigenvalue weighted by atomic mass is 32.2. The van der Waals surface area contributed by atoms with Crippen LogP contribution in [0.5, 0.6) is 0 Å². The topological polar surface area (TPSA) is 95.5 Å². The lowest BCUT2D eigenvalue weighted by atomic mass is 10.2. The first-order chi connectivity index (χ1) is 15.9. The number of nitriles is 2. The largest absolute Gasteiger partial charge is 0.500 e.